The normalized spacial score (nSPS) is 16.7. The second-order valence-corrected chi connectivity index (χ2v) is 6.53. The van der Waals surface area contributed by atoms with E-state index in [0.717, 1.165) is 44.5 Å². The first-order valence-electron chi connectivity index (χ1n) is 8.69. The van der Waals surface area contributed by atoms with Crippen LogP contribution in [0.15, 0.2) is 60.7 Å². The highest BCUT2D eigenvalue weighted by atomic mass is 35.5. The van der Waals surface area contributed by atoms with E-state index >= 15 is 0 Å². The van der Waals surface area contributed by atoms with Crippen molar-refractivity contribution in [3.05, 3.63) is 71.8 Å². The molecule has 134 valence electrons. The molecule has 2 aromatic rings. The molecule has 0 amide bonds. The molecule has 4 heteroatoms. The van der Waals surface area contributed by atoms with E-state index in [1.165, 1.54) is 12.5 Å². The minimum absolute atomic E-state index is 0. The summed E-state index contributed by atoms with van der Waals surface area (Å²) in [5.74, 6) is -0.198. The fourth-order valence-electron chi connectivity index (χ4n) is 3.54. The van der Waals surface area contributed by atoms with Gasteiger partial charge in [-0.3, -0.25) is 4.79 Å². The molecule has 0 N–H and O–H groups in total. The van der Waals surface area contributed by atoms with Crippen LogP contribution in [0.3, 0.4) is 0 Å². The molecule has 0 spiro atoms. The minimum Gasteiger partial charge on any atom is -0.454 e. The molecular formula is C21H26ClNO2. The van der Waals surface area contributed by atoms with Crippen LogP contribution in [0.25, 0.3) is 0 Å². The van der Waals surface area contributed by atoms with Gasteiger partial charge in [0.1, 0.15) is 5.60 Å². The molecule has 0 atom stereocenters. The minimum atomic E-state index is -0.462. The van der Waals surface area contributed by atoms with Crippen molar-refractivity contribution in [3.8, 4) is 0 Å². The molecular weight excluding hydrogens is 334 g/mol. The molecule has 1 aliphatic rings. The summed E-state index contributed by atoms with van der Waals surface area (Å²) < 4.78 is 5.81. The molecule has 0 aromatic heterocycles. The molecule has 1 heterocycles. The van der Waals surface area contributed by atoms with Gasteiger partial charge in [0.2, 0.25) is 0 Å². The van der Waals surface area contributed by atoms with Crippen molar-refractivity contribution in [3.63, 3.8) is 0 Å². The Bertz CT molecular complexity index is 652. The Hall–Kier alpha value is -1.84. The third-order valence-electron chi connectivity index (χ3n) is 4.86. The summed E-state index contributed by atoms with van der Waals surface area (Å²) in [7, 11) is 0. The number of piperidine rings is 1. The van der Waals surface area contributed by atoms with Gasteiger partial charge in [0.25, 0.3) is 0 Å². The Morgan fingerprint density at radius 2 is 1.56 bits per heavy atom. The average Bonchev–Trinajstić information content (AvgIpc) is 2.62. The topological polar surface area (TPSA) is 29.5 Å². The van der Waals surface area contributed by atoms with Gasteiger partial charge in [0, 0.05) is 39.4 Å². The Labute approximate surface area is 156 Å². The van der Waals surface area contributed by atoms with Gasteiger partial charge in [-0.15, -0.1) is 12.4 Å². The van der Waals surface area contributed by atoms with Gasteiger partial charge >= 0.3 is 5.97 Å². The number of nitrogens with zero attached hydrogens (tertiary/aromatic N) is 1. The zero-order valence-corrected chi connectivity index (χ0v) is 15.5. The van der Waals surface area contributed by atoms with E-state index < -0.39 is 5.60 Å². The number of likely N-dealkylation sites (tertiary alicyclic amines) is 1. The van der Waals surface area contributed by atoms with Gasteiger partial charge in [-0.05, 0) is 17.5 Å². The second kappa shape index (κ2) is 9.02. The van der Waals surface area contributed by atoms with Gasteiger partial charge in [-0.2, -0.15) is 0 Å². The Morgan fingerprint density at radius 3 is 2.12 bits per heavy atom. The molecule has 25 heavy (non-hydrogen) atoms. The first-order valence-corrected chi connectivity index (χ1v) is 8.69. The second-order valence-electron chi connectivity index (χ2n) is 6.53. The van der Waals surface area contributed by atoms with E-state index in [1.54, 1.807) is 0 Å². The fourth-order valence-corrected chi connectivity index (χ4v) is 3.54. The molecule has 0 aliphatic carbocycles. The number of carbonyl (C=O) groups is 1. The lowest BCUT2D eigenvalue weighted by molar-refractivity contribution is -0.164. The van der Waals surface area contributed by atoms with Crippen molar-refractivity contribution < 1.29 is 9.53 Å². The maximum atomic E-state index is 11.6. The predicted octanol–water partition coefficient (Wildman–Crippen LogP) is 4.21. The largest absolute Gasteiger partial charge is 0.454 e. The maximum absolute atomic E-state index is 11.6. The summed E-state index contributed by atoms with van der Waals surface area (Å²) in [5, 5.41) is 0. The van der Waals surface area contributed by atoms with Crippen molar-refractivity contribution in [1.82, 2.24) is 4.90 Å². The maximum Gasteiger partial charge on any atom is 0.303 e. The highest BCUT2D eigenvalue weighted by Gasteiger charge is 2.38. The summed E-state index contributed by atoms with van der Waals surface area (Å²) in [6, 6.07) is 20.8. The Balaban J connectivity index is 0.00000225. The fraction of sp³-hybridized carbons (Fsp3) is 0.381. The Morgan fingerprint density at radius 1 is 1.00 bits per heavy atom. The average molecular weight is 360 g/mol. The van der Waals surface area contributed by atoms with Crippen LogP contribution in [0.4, 0.5) is 0 Å². The van der Waals surface area contributed by atoms with Gasteiger partial charge in [-0.25, -0.2) is 0 Å². The lowest BCUT2D eigenvalue weighted by Crippen LogP contribution is -2.45. The molecule has 1 aliphatic heterocycles. The van der Waals surface area contributed by atoms with Gasteiger partial charge < -0.3 is 9.64 Å². The SMILES string of the molecule is CC(=O)OC1(c2ccccc2)CCN(CCc2ccccc2)CC1.Cl. The zero-order valence-electron chi connectivity index (χ0n) is 14.7. The number of benzene rings is 2. The molecule has 0 radical (unpaired) electrons. The summed E-state index contributed by atoms with van der Waals surface area (Å²) in [5.41, 5.74) is 2.02. The molecule has 0 unspecified atom stereocenters. The van der Waals surface area contributed by atoms with Crippen LogP contribution in [0.2, 0.25) is 0 Å². The zero-order chi connectivity index (χ0) is 16.8. The molecule has 0 saturated carbocycles. The summed E-state index contributed by atoms with van der Waals surface area (Å²) in [4.78, 5) is 14.1. The predicted molar refractivity (Wildman–Crippen MR) is 103 cm³/mol. The number of rotatable bonds is 5. The first-order chi connectivity index (χ1) is 11.7. The van der Waals surface area contributed by atoms with E-state index in [4.69, 9.17) is 4.74 Å². The van der Waals surface area contributed by atoms with E-state index in [1.807, 2.05) is 18.2 Å². The lowest BCUT2D eigenvalue weighted by atomic mass is 9.84. The van der Waals surface area contributed by atoms with Gasteiger partial charge in [-0.1, -0.05) is 60.7 Å². The summed E-state index contributed by atoms with van der Waals surface area (Å²) >= 11 is 0. The van der Waals surface area contributed by atoms with Crippen LogP contribution in [0.1, 0.15) is 30.9 Å². The number of hydrogen-bond donors (Lipinski definition) is 0. The van der Waals surface area contributed by atoms with Crippen molar-refractivity contribution in [2.75, 3.05) is 19.6 Å². The molecule has 1 fully saturated rings. The quantitative estimate of drug-likeness (QED) is 0.749. The summed E-state index contributed by atoms with van der Waals surface area (Å²) in [6.45, 7) is 4.46. The number of hydrogen-bond acceptors (Lipinski definition) is 3. The molecule has 1 saturated heterocycles. The first kappa shape index (κ1) is 19.5. The number of esters is 1. The van der Waals surface area contributed by atoms with E-state index in [0.29, 0.717) is 0 Å². The van der Waals surface area contributed by atoms with Crippen LogP contribution in [-0.2, 0) is 21.6 Å². The molecule has 0 bridgehead atoms. The van der Waals surface area contributed by atoms with Crippen LogP contribution in [-0.4, -0.2) is 30.5 Å². The van der Waals surface area contributed by atoms with Crippen molar-refractivity contribution in [2.45, 2.75) is 31.8 Å². The number of carbonyl (C=O) groups excluding carboxylic acids is 1. The van der Waals surface area contributed by atoms with Crippen molar-refractivity contribution in [2.24, 2.45) is 0 Å². The van der Waals surface area contributed by atoms with Crippen LogP contribution < -0.4 is 0 Å². The van der Waals surface area contributed by atoms with Crippen LogP contribution >= 0.6 is 12.4 Å². The van der Waals surface area contributed by atoms with Crippen LogP contribution in [0.5, 0.6) is 0 Å². The molecule has 2 aromatic carbocycles. The number of ether oxygens (including phenoxy) is 1. The van der Waals surface area contributed by atoms with E-state index in [-0.39, 0.29) is 18.4 Å². The monoisotopic (exact) mass is 359 g/mol. The molecule has 3 rings (SSSR count). The van der Waals surface area contributed by atoms with Gasteiger partial charge in [0.05, 0.1) is 0 Å². The van der Waals surface area contributed by atoms with E-state index in [9.17, 15) is 4.79 Å². The van der Waals surface area contributed by atoms with Crippen molar-refractivity contribution in [1.29, 1.82) is 0 Å². The van der Waals surface area contributed by atoms with Crippen molar-refractivity contribution >= 4 is 18.4 Å². The van der Waals surface area contributed by atoms with Gasteiger partial charge in [0.15, 0.2) is 0 Å². The van der Waals surface area contributed by atoms with Crippen LogP contribution in [0, 0.1) is 0 Å². The highest BCUT2D eigenvalue weighted by Crippen LogP contribution is 2.36. The highest BCUT2D eigenvalue weighted by molar-refractivity contribution is 5.85. The Kier molecular flexibility index (Phi) is 7.03. The third kappa shape index (κ3) is 5.07. The number of halogens is 1. The summed E-state index contributed by atoms with van der Waals surface area (Å²) in [6.07, 6.45) is 2.77. The third-order valence-corrected chi connectivity index (χ3v) is 4.86. The van der Waals surface area contributed by atoms with E-state index in [2.05, 4.69) is 47.4 Å². The molecule has 3 nitrogen and oxygen atoms in total. The standard InChI is InChI=1S/C21H25NO2.ClH/c1-18(23)24-21(20-10-6-3-7-11-20)13-16-22(17-14-21)15-12-19-8-4-2-5-9-19;/h2-11H,12-17H2,1H3;1H. The lowest BCUT2D eigenvalue weighted by Gasteiger charge is -2.41. The smallest absolute Gasteiger partial charge is 0.303 e.